The Kier molecular flexibility index (Phi) is 36.3. The van der Waals surface area contributed by atoms with Crippen LogP contribution in [-0.2, 0) is 27.9 Å². The highest BCUT2D eigenvalue weighted by Gasteiger charge is 2.51. The average molecular weight is 877 g/mol. The van der Waals surface area contributed by atoms with Gasteiger partial charge in [-0.2, -0.15) is 0 Å². The fourth-order valence-electron chi connectivity index (χ4n) is 7.45. The third kappa shape index (κ3) is 30.0. The molecule has 0 saturated heterocycles. The van der Waals surface area contributed by atoms with Crippen LogP contribution in [0.5, 0.6) is 0 Å². The first-order chi connectivity index (χ1) is 29.0. The molecule has 0 aromatic rings. The maximum Gasteiger partial charge on any atom is 0.472 e. The maximum atomic E-state index is 12.8. The van der Waals surface area contributed by atoms with Crippen molar-refractivity contribution in [3.05, 3.63) is 24.3 Å². The number of rotatable bonds is 41. The van der Waals surface area contributed by atoms with Crippen molar-refractivity contribution in [2.75, 3.05) is 19.8 Å². The van der Waals surface area contributed by atoms with E-state index in [9.17, 15) is 39.8 Å². The van der Waals surface area contributed by atoms with Crippen LogP contribution in [0.1, 0.15) is 206 Å². The lowest BCUT2D eigenvalue weighted by molar-refractivity contribution is -0.220. The molecule has 6 atom stereocenters. The first-order valence-corrected chi connectivity index (χ1v) is 25.7. The summed E-state index contributed by atoms with van der Waals surface area (Å²) >= 11 is 0. The number of ether oxygens (including phenoxy) is 2. The highest BCUT2D eigenvalue weighted by molar-refractivity contribution is 7.47. The molecular formula is C47H89O12P. The predicted molar refractivity (Wildman–Crippen MR) is 240 cm³/mol. The third-order valence-corrected chi connectivity index (χ3v) is 12.3. The number of carbonyl (C=O) groups excluding carboxylic acids is 1. The monoisotopic (exact) mass is 877 g/mol. The van der Waals surface area contributed by atoms with Crippen LogP contribution in [0.2, 0.25) is 0 Å². The maximum absolute atomic E-state index is 12.8. The fourth-order valence-corrected chi connectivity index (χ4v) is 8.42. The number of phosphoric ester groups is 1. The van der Waals surface area contributed by atoms with E-state index in [1.54, 1.807) is 0 Å². The number of hydrogen-bond donors (Lipinski definition) is 6. The van der Waals surface area contributed by atoms with Gasteiger partial charge in [-0.1, -0.05) is 179 Å². The Morgan fingerprint density at radius 3 is 1.42 bits per heavy atom. The molecule has 60 heavy (non-hydrogen) atoms. The zero-order valence-corrected chi connectivity index (χ0v) is 38.7. The van der Waals surface area contributed by atoms with Gasteiger partial charge < -0.3 is 39.9 Å². The second-order valence-corrected chi connectivity index (χ2v) is 18.4. The van der Waals surface area contributed by atoms with Crippen LogP contribution in [0.25, 0.3) is 0 Å². The summed E-state index contributed by atoms with van der Waals surface area (Å²) in [5.74, 6) is -0.482. The van der Waals surface area contributed by atoms with E-state index in [4.69, 9.17) is 18.5 Å². The van der Waals surface area contributed by atoms with E-state index in [-0.39, 0.29) is 13.0 Å². The van der Waals surface area contributed by atoms with Crippen molar-refractivity contribution in [1.29, 1.82) is 0 Å². The Morgan fingerprint density at radius 1 is 0.533 bits per heavy atom. The van der Waals surface area contributed by atoms with Gasteiger partial charge in [0.15, 0.2) is 0 Å². The highest BCUT2D eigenvalue weighted by Crippen LogP contribution is 2.47. The molecule has 0 radical (unpaired) electrons. The summed E-state index contributed by atoms with van der Waals surface area (Å²) in [5.41, 5.74) is 0. The zero-order chi connectivity index (χ0) is 44.1. The summed E-state index contributed by atoms with van der Waals surface area (Å²) in [6.45, 7) is 4.26. The van der Waals surface area contributed by atoms with Crippen molar-refractivity contribution in [2.24, 2.45) is 0 Å². The zero-order valence-electron chi connectivity index (χ0n) is 37.8. The summed E-state index contributed by atoms with van der Waals surface area (Å²) < 4.78 is 34.2. The highest BCUT2D eigenvalue weighted by atomic mass is 31.2. The number of hydrogen-bond acceptors (Lipinski definition) is 11. The van der Waals surface area contributed by atoms with E-state index >= 15 is 0 Å². The molecule has 0 bridgehead atoms. The number of aliphatic hydroxyl groups is 5. The number of allylic oxidation sites excluding steroid dienone is 4. The van der Waals surface area contributed by atoms with E-state index in [0.29, 0.717) is 13.0 Å². The van der Waals surface area contributed by atoms with Crippen LogP contribution in [0.15, 0.2) is 24.3 Å². The average Bonchev–Trinajstić information content (AvgIpc) is 3.23. The molecule has 6 N–H and O–H groups in total. The second-order valence-electron chi connectivity index (χ2n) is 17.0. The van der Waals surface area contributed by atoms with Gasteiger partial charge in [0.1, 0.15) is 42.7 Å². The van der Waals surface area contributed by atoms with Crippen molar-refractivity contribution in [2.45, 2.75) is 249 Å². The lowest BCUT2D eigenvalue weighted by Crippen LogP contribution is -2.64. The number of unbranched alkanes of at least 4 members (excludes halogenated alkanes) is 25. The third-order valence-electron chi connectivity index (χ3n) is 11.3. The first kappa shape index (κ1) is 56.8. The molecule has 1 fully saturated rings. The van der Waals surface area contributed by atoms with Gasteiger partial charge in [-0.05, 0) is 44.9 Å². The first-order valence-electron chi connectivity index (χ1n) is 24.2. The Balaban J connectivity index is 2.38. The number of aliphatic hydroxyl groups excluding tert-OH is 5. The molecule has 1 aliphatic carbocycles. The van der Waals surface area contributed by atoms with E-state index in [1.165, 1.54) is 122 Å². The molecule has 0 amide bonds. The Hall–Kier alpha value is -1.18. The van der Waals surface area contributed by atoms with E-state index in [1.807, 2.05) is 0 Å². The summed E-state index contributed by atoms with van der Waals surface area (Å²) in [4.78, 5) is 23.2. The molecule has 0 aromatic heterocycles. The molecule has 1 saturated carbocycles. The van der Waals surface area contributed by atoms with Gasteiger partial charge >= 0.3 is 13.8 Å². The normalized spacial score (nSPS) is 22.5. The van der Waals surface area contributed by atoms with Gasteiger partial charge in [0.2, 0.25) is 0 Å². The summed E-state index contributed by atoms with van der Waals surface area (Å²) in [6.07, 6.45) is 30.9. The Labute approximate surface area is 364 Å². The van der Waals surface area contributed by atoms with Crippen molar-refractivity contribution >= 4 is 13.8 Å². The number of carbonyl (C=O) groups is 1. The van der Waals surface area contributed by atoms with Crippen LogP contribution in [0.4, 0.5) is 0 Å². The quantitative estimate of drug-likeness (QED) is 0.0148. The molecular weight excluding hydrogens is 787 g/mol. The Morgan fingerprint density at radius 2 is 0.933 bits per heavy atom. The van der Waals surface area contributed by atoms with Gasteiger partial charge in [0.05, 0.1) is 13.2 Å². The van der Waals surface area contributed by atoms with E-state index in [2.05, 4.69) is 38.2 Å². The molecule has 0 heterocycles. The predicted octanol–water partition coefficient (Wildman–Crippen LogP) is 10.1. The summed E-state index contributed by atoms with van der Waals surface area (Å²) in [6, 6.07) is 0. The number of esters is 1. The molecule has 0 aromatic carbocycles. The van der Waals surface area contributed by atoms with Crippen LogP contribution in [0.3, 0.4) is 0 Å². The minimum absolute atomic E-state index is 0.0757. The van der Waals surface area contributed by atoms with Crippen molar-refractivity contribution in [1.82, 2.24) is 0 Å². The van der Waals surface area contributed by atoms with E-state index in [0.717, 1.165) is 57.8 Å². The molecule has 13 heteroatoms. The SMILES string of the molecule is CCCCCC/C=C\C/C=C\CCCCCCCCCC(=O)OC(COCCCCCCCCCCCCCCCCC)COP(=O)(O)OC1C(O)C(O)C(O)C(O)C1O. The minimum Gasteiger partial charge on any atom is -0.457 e. The van der Waals surface area contributed by atoms with Crippen LogP contribution < -0.4 is 0 Å². The van der Waals surface area contributed by atoms with Crippen molar-refractivity contribution in [3.63, 3.8) is 0 Å². The van der Waals surface area contributed by atoms with Gasteiger partial charge in [0.25, 0.3) is 0 Å². The summed E-state index contributed by atoms with van der Waals surface area (Å²) in [7, 11) is -5.02. The second kappa shape index (κ2) is 38.3. The van der Waals surface area contributed by atoms with Gasteiger partial charge in [0, 0.05) is 13.0 Å². The minimum atomic E-state index is -5.02. The lowest BCUT2D eigenvalue weighted by Gasteiger charge is -2.41. The van der Waals surface area contributed by atoms with Crippen molar-refractivity contribution in [3.8, 4) is 0 Å². The van der Waals surface area contributed by atoms with Crippen LogP contribution >= 0.6 is 7.82 Å². The fraction of sp³-hybridized carbons (Fsp3) is 0.894. The largest absolute Gasteiger partial charge is 0.472 e. The lowest BCUT2D eigenvalue weighted by atomic mass is 9.85. The number of phosphoric acid groups is 1. The molecule has 0 aliphatic heterocycles. The molecule has 1 aliphatic rings. The van der Waals surface area contributed by atoms with Gasteiger partial charge in [-0.3, -0.25) is 13.8 Å². The van der Waals surface area contributed by atoms with Crippen LogP contribution in [0, 0.1) is 0 Å². The van der Waals surface area contributed by atoms with Crippen molar-refractivity contribution < 1.29 is 58.3 Å². The van der Waals surface area contributed by atoms with Crippen LogP contribution in [-0.4, -0.2) is 98.9 Å². The molecule has 6 unspecified atom stereocenters. The Bertz CT molecular complexity index is 1090. The van der Waals surface area contributed by atoms with E-state index < -0.39 is 63.1 Å². The summed E-state index contributed by atoms with van der Waals surface area (Å²) in [5, 5.41) is 50.2. The molecule has 1 rings (SSSR count). The standard InChI is InChI=1S/C47H89O12P/c1-3-5-7-9-11-13-15-17-19-20-21-22-24-26-28-30-32-34-36-41(48)58-40(39-57-60(54,55)59-47-45(52)43(50)42(49)44(51)46(47)53)38-56-37-35-33-31-29-27-25-23-18-16-14-12-10-8-6-4-2/h13,15,19-20,40,42-47,49-53H,3-12,14,16-18,21-39H2,1-2H3,(H,54,55)/b15-13-,20-19-. The molecule has 354 valence electrons. The molecule has 0 spiro atoms. The topological polar surface area (TPSA) is 192 Å². The van der Waals surface area contributed by atoms with Gasteiger partial charge in [-0.15, -0.1) is 0 Å². The van der Waals surface area contributed by atoms with Gasteiger partial charge in [-0.25, -0.2) is 4.57 Å². The molecule has 12 nitrogen and oxygen atoms in total. The smallest absolute Gasteiger partial charge is 0.457 e.